The van der Waals surface area contributed by atoms with Crippen molar-refractivity contribution in [1.29, 1.82) is 5.26 Å². The maximum Gasteiger partial charge on any atom is 0.337 e. The van der Waals surface area contributed by atoms with Crippen molar-refractivity contribution in [2.45, 2.75) is 11.8 Å². The highest BCUT2D eigenvalue weighted by atomic mass is 32.2. The van der Waals surface area contributed by atoms with Crippen molar-refractivity contribution in [3.05, 3.63) is 118 Å². The molecule has 7 nitrogen and oxygen atoms in total. The Morgan fingerprint density at radius 1 is 0.955 bits per heavy atom. The lowest BCUT2D eigenvalue weighted by Gasteiger charge is -2.15. The first kappa shape index (κ1) is 28.9. The summed E-state index contributed by atoms with van der Waals surface area (Å²) in [5.74, 6) is -1.80. The van der Waals surface area contributed by atoms with Crippen LogP contribution in [0.2, 0.25) is 0 Å². The molecule has 0 saturated heterocycles. The van der Waals surface area contributed by atoms with Crippen molar-refractivity contribution in [3.63, 3.8) is 0 Å². The van der Waals surface area contributed by atoms with Crippen LogP contribution in [-0.2, 0) is 14.8 Å². The molecule has 4 aromatic carbocycles. The molecule has 0 spiro atoms. The number of nitriles is 1. The second-order valence-electron chi connectivity index (χ2n) is 10.1. The highest BCUT2D eigenvalue weighted by Gasteiger charge is 2.32. The third-order valence-corrected chi connectivity index (χ3v) is 9.87. The molecule has 0 aliphatic heterocycles. The molecular weight excluding hydrogens is 600 g/mol. The number of aryl methyl sites for hydroxylation is 1. The topological polar surface area (TPSA) is 109 Å². The fourth-order valence-corrected chi connectivity index (χ4v) is 7.53. The van der Waals surface area contributed by atoms with Gasteiger partial charge in [0.05, 0.1) is 23.3 Å². The van der Waals surface area contributed by atoms with Crippen LogP contribution in [0.25, 0.3) is 44.4 Å². The van der Waals surface area contributed by atoms with Crippen LogP contribution in [-0.4, -0.2) is 30.6 Å². The number of aromatic hydroxyl groups is 1. The molecule has 6 aromatic rings. The Morgan fingerprint density at radius 3 is 2.34 bits per heavy atom. The molecule has 0 bridgehead atoms. The first-order chi connectivity index (χ1) is 21.1. The van der Waals surface area contributed by atoms with Crippen LogP contribution < -0.4 is 0 Å². The number of nitrogens with zero attached hydrogens (tertiary/aromatic N) is 2. The van der Waals surface area contributed by atoms with Gasteiger partial charge in [-0.05, 0) is 65.9 Å². The molecule has 0 saturated carbocycles. The fourth-order valence-electron chi connectivity index (χ4n) is 5.28. The zero-order valence-corrected chi connectivity index (χ0v) is 25.0. The van der Waals surface area contributed by atoms with E-state index in [1.54, 1.807) is 66.0 Å². The summed E-state index contributed by atoms with van der Waals surface area (Å²) in [7, 11) is -3.08. The summed E-state index contributed by atoms with van der Waals surface area (Å²) in [6.07, 6.45) is 0. The second-order valence-corrected chi connectivity index (χ2v) is 12.8. The van der Waals surface area contributed by atoms with Crippen molar-refractivity contribution in [2.24, 2.45) is 0 Å². The Morgan fingerprint density at radius 2 is 1.66 bits per heavy atom. The van der Waals surface area contributed by atoms with Gasteiger partial charge in [-0.15, -0.1) is 11.3 Å². The van der Waals surface area contributed by atoms with E-state index in [2.05, 4.69) is 6.07 Å². The van der Waals surface area contributed by atoms with Gasteiger partial charge >= 0.3 is 5.97 Å². The van der Waals surface area contributed by atoms with E-state index in [9.17, 15) is 28.0 Å². The number of benzene rings is 4. The van der Waals surface area contributed by atoms with Gasteiger partial charge in [-0.3, -0.25) is 0 Å². The number of hydrogen-bond acceptors (Lipinski definition) is 7. The smallest absolute Gasteiger partial charge is 0.337 e. The van der Waals surface area contributed by atoms with E-state index in [4.69, 9.17) is 4.74 Å². The summed E-state index contributed by atoms with van der Waals surface area (Å²) in [5.41, 5.74) is 3.87. The molecule has 0 aliphatic rings. The molecule has 0 unspecified atom stereocenters. The lowest BCUT2D eigenvalue weighted by Crippen LogP contribution is -2.14. The number of methoxy groups -OCH3 is 1. The van der Waals surface area contributed by atoms with Crippen molar-refractivity contribution in [3.8, 4) is 45.3 Å². The number of phenolic OH excluding ortho intramolecular Hbond substituents is 1. The summed E-state index contributed by atoms with van der Waals surface area (Å²) in [5, 5.41) is 22.9. The molecule has 2 aromatic heterocycles. The van der Waals surface area contributed by atoms with Crippen molar-refractivity contribution in [1.82, 2.24) is 3.97 Å². The van der Waals surface area contributed by atoms with E-state index in [0.29, 0.717) is 32.7 Å². The van der Waals surface area contributed by atoms with Crippen LogP contribution in [0.1, 0.15) is 20.8 Å². The molecule has 0 radical (unpaired) electrons. The van der Waals surface area contributed by atoms with Gasteiger partial charge in [0, 0.05) is 28.1 Å². The number of phenols is 1. The minimum absolute atomic E-state index is 0.0306. The quantitative estimate of drug-likeness (QED) is 0.190. The maximum atomic E-state index is 14.9. The van der Waals surface area contributed by atoms with Crippen LogP contribution in [0.3, 0.4) is 0 Å². The van der Waals surface area contributed by atoms with E-state index < -0.39 is 27.6 Å². The molecular formula is C34H23FN2O5S2. The largest absolute Gasteiger partial charge is 0.506 e. The molecule has 0 fully saturated rings. The highest BCUT2D eigenvalue weighted by Crippen LogP contribution is 2.48. The summed E-state index contributed by atoms with van der Waals surface area (Å²) in [6.45, 7) is 1.84. The summed E-state index contributed by atoms with van der Waals surface area (Å²) in [6, 6.07) is 26.0. The van der Waals surface area contributed by atoms with Gasteiger partial charge in [-0.25, -0.2) is 21.6 Å². The van der Waals surface area contributed by atoms with Gasteiger partial charge in [-0.1, -0.05) is 48.0 Å². The van der Waals surface area contributed by atoms with E-state index >= 15 is 0 Å². The SMILES string of the molecule is COC(=O)c1ccc(-c2cccc(-c3c(-c4ccsc4C#N)c4cc(F)cc(O)c4n3S(=O)(=O)c3ccc(C)cc3)c2)cc1. The minimum Gasteiger partial charge on any atom is -0.506 e. The molecule has 44 heavy (non-hydrogen) atoms. The van der Waals surface area contributed by atoms with E-state index in [-0.39, 0.29) is 21.5 Å². The molecule has 10 heteroatoms. The Bertz CT molecular complexity index is 2230. The van der Waals surface area contributed by atoms with E-state index in [1.807, 2.05) is 13.0 Å². The first-order valence-electron chi connectivity index (χ1n) is 13.3. The monoisotopic (exact) mass is 622 g/mol. The van der Waals surface area contributed by atoms with Gasteiger partial charge in [0.15, 0.2) is 0 Å². The lowest BCUT2D eigenvalue weighted by molar-refractivity contribution is 0.0600. The number of rotatable bonds is 6. The van der Waals surface area contributed by atoms with Crippen LogP contribution in [0.4, 0.5) is 4.39 Å². The predicted octanol–water partition coefficient (Wildman–Crippen LogP) is 7.75. The summed E-state index contributed by atoms with van der Waals surface area (Å²) < 4.78 is 49.7. The number of fused-ring (bicyclic) bond motifs is 1. The maximum absolute atomic E-state index is 14.9. The molecule has 218 valence electrons. The van der Waals surface area contributed by atoms with Gasteiger partial charge < -0.3 is 9.84 Å². The van der Waals surface area contributed by atoms with Gasteiger partial charge in [-0.2, -0.15) is 5.26 Å². The standard InChI is InChI=1S/C34H23FN2O5S2/c1-20-6-12-26(13-7-20)44(40,41)37-32(24-5-3-4-23(16-24)21-8-10-22(11-9-21)34(39)42-2)31(27-14-15-43-30(27)19-36)28-17-25(35)18-29(38)33(28)37/h3-18,38H,1-2H3. The fraction of sp³-hybridized carbons (Fsp3) is 0.0588. The number of esters is 1. The number of carbonyl (C=O) groups is 1. The van der Waals surface area contributed by atoms with Gasteiger partial charge in [0.2, 0.25) is 0 Å². The molecule has 6 rings (SSSR count). The van der Waals surface area contributed by atoms with Crippen LogP contribution >= 0.6 is 11.3 Å². The van der Waals surface area contributed by atoms with Crippen molar-refractivity contribution in [2.75, 3.05) is 7.11 Å². The number of hydrogen-bond donors (Lipinski definition) is 1. The number of halogens is 1. The molecule has 0 aliphatic carbocycles. The Labute approximate surface area is 256 Å². The average molecular weight is 623 g/mol. The predicted molar refractivity (Wildman–Crippen MR) is 168 cm³/mol. The average Bonchev–Trinajstić information content (AvgIpc) is 3.63. The Kier molecular flexibility index (Phi) is 7.29. The summed E-state index contributed by atoms with van der Waals surface area (Å²) >= 11 is 1.17. The third-order valence-electron chi connectivity index (χ3n) is 7.34. The number of ether oxygens (including phenoxy) is 1. The summed E-state index contributed by atoms with van der Waals surface area (Å²) in [4.78, 5) is 12.2. The Hall–Kier alpha value is -5.24. The minimum atomic E-state index is -4.38. The second kappa shape index (κ2) is 11.1. The third kappa shape index (κ3) is 4.82. The molecule has 0 amide bonds. The Balaban J connectivity index is 1.71. The number of carbonyl (C=O) groups excluding carboxylic acids is 1. The zero-order chi connectivity index (χ0) is 31.2. The molecule has 2 heterocycles. The number of thiophene rings is 1. The molecule has 0 atom stereocenters. The molecule has 1 N–H and O–H groups in total. The van der Waals surface area contributed by atoms with E-state index in [1.165, 1.54) is 36.6 Å². The van der Waals surface area contributed by atoms with Crippen molar-refractivity contribution >= 4 is 38.2 Å². The van der Waals surface area contributed by atoms with Crippen LogP contribution in [0.15, 0.2) is 101 Å². The van der Waals surface area contributed by atoms with Crippen molar-refractivity contribution < 1.29 is 27.4 Å². The van der Waals surface area contributed by atoms with Gasteiger partial charge in [0.1, 0.15) is 28.0 Å². The van der Waals surface area contributed by atoms with Gasteiger partial charge in [0.25, 0.3) is 10.0 Å². The van der Waals surface area contributed by atoms with Crippen LogP contribution in [0, 0.1) is 24.1 Å². The normalized spacial score (nSPS) is 11.4. The highest BCUT2D eigenvalue weighted by molar-refractivity contribution is 7.90. The van der Waals surface area contributed by atoms with Crippen LogP contribution in [0.5, 0.6) is 5.75 Å². The number of aromatic nitrogens is 1. The first-order valence-corrected chi connectivity index (χ1v) is 15.6. The zero-order valence-electron chi connectivity index (χ0n) is 23.4. The van der Waals surface area contributed by atoms with E-state index in [0.717, 1.165) is 21.2 Å². The lowest BCUT2D eigenvalue weighted by atomic mass is 9.96.